The third-order valence-electron chi connectivity index (χ3n) is 2.17. The molecule has 1 unspecified atom stereocenters. The standard InChI is InChI=1S/C9H11FN2O/c10-7-4-5(11)3-6-8(12)1-2-13-9(6)7/h3-4,8H,1-2,11-12H2. The maximum absolute atomic E-state index is 13.2. The van der Waals surface area contributed by atoms with Crippen molar-refractivity contribution in [2.75, 3.05) is 12.3 Å². The van der Waals surface area contributed by atoms with Crippen molar-refractivity contribution in [3.05, 3.63) is 23.5 Å². The van der Waals surface area contributed by atoms with Crippen molar-refractivity contribution in [2.45, 2.75) is 12.5 Å². The number of benzene rings is 1. The van der Waals surface area contributed by atoms with Gasteiger partial charge in [-0.1, -0.05) is 0 Å². The number of fused-ring (bicyclic) bond motifs is 1. The quantitative estimate of drug-likeness (QED) is 0.592. The Labute approximate surface area is 75.5 Å². The summed E-state index contributed by atoms with van der Waals surface area (Å²) in [5, 5.41) is 0. The van der Waals surface area contributed by atoms with Gasteiger partial charge in [0.15, 0.2) is 11.6 Å². The molecule has 4 heteroatoms. The van der Waals surface area contributed by atoms with Gasteiger partial charge in [0.1, 0.15) is 0 Å². The van der Waals surface area contributed by atoms with Crippen molar-refractivity contribution in [1.82, 2.24) is 0 Å². The maximum atomic E-state index is 13.2. The van der Waals surface area contributed by atoms with Crippen LogP contribution in [0.25, 0.3) is 0 Å². The van der Waals surface area contributed by atoms with Crippen molar-refractivity contribution >= 4 is 5.69 Å². The van der Waals surface area contributed by atoms with E-state index in [0.717, 1.165) is 0 Å². The third kappa shape index (κ3) is 1.33. The highest BCUT2D eigenvalue weighted by molar-refractivity contribution is 5.50. The van der Waals surface area contributed by atoms with Crippen LogP contribution in [-0.4, -0.2) is 6.61 Å². The van der Waals surface area contributed by atoms with Gasteiger partial charge in [-0.05, 0) is 6.07 Å². The van der Waals surface area contributed by atoms with Crippen LogP contribution in [0, 0.1) is 5.82 Å². The Bertz CT molecular complexity index is 341. The lowest BCUT2D eigenvalue weighted by molar-refractivity contribution is 0.255. The minimum atomic E-state index is -0.426. The topological polar surface area (TPSA) is 61.3 Å². The zero-order valence-corrected chi connectivity index (χ0v) is 7.09. The molecule has 1 aliphatic rings. The molecule has 0 spiro atoms. The Morgan fingerprint density at radius 2 is 2.23 bits per heavy atom. The zero-order chi connectivity index (χ0) is 9.42. The molecule has 0 saturated heterocycles. The average Bonchev–Trinajstić information content (AvgIpc) is 2.07. The first kappa shape index (κ1) is 8.31. The SMILES string of the molecule is Nc1cc(F)c2c(c1)C(N)CCO2. The van der Waals surface area contributed by atoms with Crippen LogP contribution in [-0.2, 0) is 0 Å². The smallest absolute Gasteiger partial charge is 0.167 e. The molecule has 0 aliphatic carbocycles. The molecule has 0 amide bonds. The minimum Gasteiger partial charge on any atom is -0.490 e. The lowest BCUT2D eigenvalue weighted by atomic mass is 10.0. The van der Waals surface area contributed by atoms with E-state index < -0.39 is 5.82 Å². The Hall–Kier alpha value is -1.29. The van der Waals surface area contributed by atoms with Crippen LogP contribution in [0.4, 0.5) is 10.1 Å². The van der Waals surface area contributed by atoms with Crippen molar-refractivity contribution in [3.63, 3.8) is 0 Å². The molecule has 1 atom stereocenters. The predicted molar refractivity (Wildman–Crippen MR) is 47.9 cm³/mol. The zero-order valence-electron chi connectivity index (χ0n) is 7.09. The minimum absolute atomic E-state index is 0.165. The van der Waals surface area contributed by atoms with Crippen LogP contribution in [0.3, 0.4) is 0 Å². The number of hydrogen-bond donors (Lipinski definition) is 2. The number of rotatable bonds is 0. The van der Waals surface area contributed by atoms with E-state index in [4.69, 9.17) is 16.2 Å². The molecule has 3 nitrogen and oxygen atoms in total. The molecule has 0 fully saturated rings. The Morgan fingerprint density at radius 3 is 3.00 bits per heavy atom. The van der Waals surface area contributed by atoms with E-state index in [9.17, 15) is 4.39 Å². The molecule has 13 heavy (non-hydrogen) atoms. The number of ether oxygens (including phenoxy) is 1. The van der Waals surface area contributed by atoms with Gasteiger partial charge >= 0.3 is 0 Å². The fraction of sp³-hybridized carbons (Fsp3) is 0.333. The summed E-state index contributed by atoms with van der Waals surface area (Å²) in [4.78, 5) is 0. The lowest BCUT2D eigenvalue weighted by Gasteiger charge is -2.23. The van der Waals surface area contributed by atoms with Crippen LogP contribution in [0.5, 0.6) is 5.75 Å². The maximum Gasteiger partial charge on any atom is 0.167 e. The monoisotopic (exact) mass is 182 g/mol. The van der Waals surface area contributed by atoms with Crippen LogP contribution < -0.4 is 16.2 Å². The highest BCUT2D eigenvalue weighted by Crippen LogP contribution is 2.34. The molecular weight excluding hydrogens is 171 g/mol. The van der Waals surface area contributed by atoms with Crippen LogP contribution in [0.2, 0.25) is 0 Å². The normalized spacial score (nSPS) is 20.6. The van der Waals surface area contributed by atoms with Gasteiger partial charge in [0.2, 0.25) is 0 Å². The van der Waals surface area contributed by atoms with Crippen molar-refractivity contribution in [2.24, 2.45) is 5.73 Å². The summed E-state index contributed by atoms with van der Waals surface area (Å²) in [6.45, 7) is 0.467. The van der Waals surface area contributed by atoms with Crippen molar-refractivity contribution < 1.29 is 9.13 Å². The second kappa shape index (κ2) is 2.88. The lowest BCUT2D eigenvalue weighted by Crippen LogP contribution is -2.21. The number of nitrogen functional groups attached to an aromatic ring is 1. The summed E-state index contributed by atoms with van der Waals surface area (Å²) in [5.74, 6) is -0.168. The molecule has 1 aromatic carbocycles. The van der Waals surface area contributed by atoms with E-state index in [1.807, 2.05) is 0 Å². The highest BCUT2D eigenvalue weighted by Gasteiger charge is 2.21. The van der Waals surface area contributed by atoms with Gasteiger partial charge in [-0.15, -0.1) is 0 Å². The van der Waals surface area contributed by atoms with Gasteiger partial charge < -0.3 is 16.2 Å². The predicted octanol–water partition coefficient (Wildman–Crippen LogP) is 1.19. The molecule has 0 bridgehead atoms. The third-order valence-corrected chi connectivity index (χ3v) is 2.17. The fourth-order valence-electron chi connectivity index (χ4n) is 1.51. The van der Waals surface area contributed by atoms with E-state index in [1.165, 1.54) is 6.07 Å². The van der Waals surface area contributed by atoms with Gasteiger partial charge in [-0.25, -0.2) is 4.39 Å². The van der Waals surface area contributed by atoms with E-state index in [1.54, 1.807) is 6.07 Å². The van der Waals surface area contributed by atoms with Gasteiger partial charge in [-0.3, -0.25) is 0 Å². The van der Waals surface area contributed by atoms with Crippen LogP contribution >= 0.6 is 0 Å². The molecule has 70 valence electrons. The summed E-state index contributed by atoms with van der Waals surface area (Å²) in [7, 11) is 0. The highest BCUT2D eigenvalue weighted by atomic mass is 19.1. The summed E-state index contributed by atoms with van der Waals surface area (Å²) >= 11 is 0. The first-order valence-corrected chi connectivity index (χ1v) is 4.16. The van der Waals surface area contributed by atoms with E-state index in [-0.39, 0.29) is 11.8 Å². The summed E-state index contributed by atoms with van der Waals surface area (Å²) in [6, 6.07) is 2.75. The first-order chi connectivity index (χ1) is 6.18. The average molecular weight is 182 g/mol. The second-order valence-corrected chi connectivity index (χ2v) is 3.16. The van der Waals surface area contributed by atoms with Crippen LogP contribution in [0.1, 0.15) is 18.0 Å². The summed E-state index contributed by atoms with van der Waals surface area (Å²) < 4.78 is 18.4. The van der Waals surface area contributed by atoms with E-state index >= 15 is 0 Å². The Balaban J connectivity index is 2.56. The summed E-state index contributed by atoms with van der Waals surface area (Å²) in [6.07, 6.45) is 0.704. The van der Waals surface area contributed by atoms with Gasteiger partial charge in [-0.2, -0.15) is 0 Å². The molecular formula is C9H11FN2O. The second-order valence-electron chi connectivity index (χ2n) is 3.16. The molecule has 1 aromatic rings. The van der Waals surface area contributed by atoms with Gasteiger partial charge in [0, 0.05) is 29.8 Å². The fourth-order valence-corrected chi connectivity index (χ4v) is 1.51. The van der Waals surface area contributed by atoms with Crippen molar-refractivity contribution in [1.29, 1.82) is 0 Å². The molecule has 0 saturated carbocycles. The van der Waals surface area contributed by atoms with E-state index in [0.29, 0.717) is 24.3 Å². The molecule has 0 radical (unpaired) electrons. The number of hydrogen-bond acceptors (Lipinski definition) is 3. The number of nitrogens with two attached hydrogens (primary N) is 2. The molecule has 0 aromatic heterocycles. The van der Waals surface area contributed by atoms with E-state index in [2.05, 4.69) is 0 Å². The van der Waals surface area contributed by atoms with Gasteiger partial charge in [0.25, 0.3) is 0 Å². The first-order valence-electron chi connectivity index (χ1n) is 4.16. The molecule has 4 N–H and O–H groups in total. The number of halogens is 1. The molecule has 2 rings (SSSR count). The van der Waals surface area contributed by atoms with Crippen LogP contribution in [0.15, 0.2) is 12.1 Å². The Morgan fingerprint density at radius 1 is 1.46 bits per heavy atom. The van der Waals surface area contributed by atoms with Gasteiger partial charge in [0.05, 0.1) is 6.61 Å². The molecule has 1 aliphatic heterocycles. The summed E-state index contributed by atoms with van der Waals surface area (Å²) in [5.41, 5.74) is 12.3. The van der Waals surface area contributed by atoms with Crippen molar-refractivity contribution in [3.8, 4) is 5.75 Å². The Kier molecular flexibility index (Phi) is 1.84. The number of anilines is 1. The molecule has 1 heterocycles. The largest absolute Gasteiger partial charge is 0.490 e.